The number of anilines is 1. The first-order valence-electron chi connectivity index (χ1n) is 9.60. The summed E-state index contributed by atoms with van der Waals surface area (Å²) < 4.78 is 61.9. The molecule has 1 aliphatic rings. The third-order valence-corrected chi connectivity index (χ3v) is 8.45. The molecule has 0 spiro atoms. The largest absolute Gasteiger partial charge is 0.369 e. The number of benzene rings is 2. The van der Waals surface area contributed by atoms with Crippen LogP contribution in [0.1, 0.15) is 5.56 Å². The van der Waals surface area contributed by atoms with Gasteiger partial charge in [0.1, 0.15) is 5.82 Å². The minimum absolute atomic E-state index is 0.0923. The highest BCUT2D eigenvalue weighted by atomic mass is 32.2. The zero-order chi connectivity index (χ0) is 22.6. The Bertz CT molecular complexity index is 1120. The molecule has 1 amide bonds. The lowest BCUT2D eigenvalue weighted by Crippen LogP contribution is -2.40. The third-order valence-electron chi connectivity index (χ3n) is 5.02. The van der Waals surface area contributed by atoms with E-state index in [-0.39, 0.29) is 29.5 Å². The fraction of sp³-hybridized carbons (Fsp3) is 0.350. The summed E-state index contributed by atoms with van der Waals surface area (Å²) >= 11 is 0. The molecule has 1 fully saturated rings. The second-order valence-electron chi connectivity index (χ2n) is 7.30. The highest BCUT2D eigenvalue weighted by molar-refractivity contribution is 7.91. The van der Waals surface area contributed by atoms with Gasteiger partial charge in [0.25, 0.3) is 0 Å². The van der Waals surface area contributed by atoms with Crippen LogP contribution in [0.3, 0.4) is 0 Å². The molecule has 1 N–H and O–H groups in total. The van der Waals surface area contributed by atoms with E-state index >= 15 is 0 Å². The summed E-state index contributed by atoms with van der Waals surface area (Å²) in [6, 6.07) is 11.8. The van der Waals surface area contributed by atoms with Crippen molar-refractivity contribution in [1.29, 1.82) is 0 Å². The van der Waals surface area contributed by atoms with E-state index in [9.17, 15) is 26.0 Å². The second-order valence-corrected chi connectivity index (χ2v) is 11.6. The predicted molar refractivity (Wildman–Crippen MR) is 115 cm³/mol. The zero-order valence-electron chi connectivity index (χ0n) is 17.0. The molecule has 1 aliphatic heterocycles. The van der Waals surface area contributed by atoms with Crippen LogP contribution in [0, 0.1) is 5.82 Å². The molecule has 3 rings (SSSR count). The van der Waals surface area contributed by atoms with Gasteiger partial charge in [-0.3, -0.25) is 4.79 Å². The Morgan fingerprint density at radius 1 is 1.06 bits per heavy atom. The van der Waals surface area contributed by atoms with Gasteiger partial charge in [0.05, 0.1) is 22.9 Å². The van der Waals surface area contributed by atoms with Gasteiger partial charge in [0.2, 0.25) is 15.9 Å². The maximum Gasteiger partial charge on any atom is 0.243 e. The molecule has 8 nitrogen and oxygen atoms in total. The number of rotatable bonds is 7. The van der Waals surface area contributed by atoms with E-state index in [2.05, 4.69) is 5.32 Å². The van der Waals surface area contributed by atoms with E-state index in [1.807, 2.05) is 29.2 Å². The summed E-state index contributed by atoms with van der Waals surface area (Å²) in [7, 11) is -5.56. The molecular weight excluding hydrogens is 445 g/mol. The number of amides is 1. The van der Waals surface area contributed by atoms with Crippen molar-refractivity contribution in [3.05, 3.63) is 59.9 Å². The Balaban J connectivity index is 1.52. The molecule has 11 heteroatoms. The molecule has 0 bridgehead atoms. The highest BCUT2D eigenvalue weighted by Crippen LogP contribution is 2.18. The number of hydrogen-bond donors (Lipinski definition) is 1. The topological polar surface area (TPSA) is 104 Å². The lowest BCUT2D eigenvalue weighted by Gasteiger charge is -2.28. The van der Waals surface area contributed by atoms with Gasteiger partial charge in [0, 0.05) is 32.4 Å². The first-order valence-corrected chi connectivity index (χ1v) is 12.9. The summed E-state index contributed by atoms with van der Waals surface area (Å²) in [5.41, 5.74) is 1.74. The van der Waals surface area contributed by atoms with E-state index < -0.39 is 31.6 Å². The van der Waals surface area contributed by atoms with Gasteiger partial charge in [0.15, 0.2) is 9.84 Å². The smallest absolute Gasteiger partial charge is 0.243 e. The van der Waals surface area contributed by atoms with Crippen molar-refractivity contribution >= 4 is 31.5 Å². The van der Waals surface area contributed by atoms with Crippen molar-refractivity contribution in [3.63, 3.8) is 0 Å². The van der Waals surface area contributed by atoms with Crippen LogP contribution in [-0.4, -0.2) is 65.2 Å². The zero-order valence-corrected chi connectivity index (χ0v) is 18.6. The molecule has 0 aromatic heterocycles. The summed E-state index contributed by atoms with van der Waals surface area (Å²) in [6.07, 6.45) is 0. The van der Waals surface area contributed by atoms with Crippen molar-refractivity contribution in [3.8, 4) is 0 Å². The Labute approximate surface area is 181 Å². The first kappa shape index (κ1) is 23.2. The Morgan fingerprint density at radius 3 is 2.23 bits per heavy atom. The van der Waals surface area contributed by atoms with Crippen LogP contribution in [0.15, 0.2) is 53.4 Å². The third kappa shape index (κ3) is 6.02. The first-order chi connectivity index (χ1) is 14.6. The Morgan fingerprint density at radius 2 is 1.65 bits per heavy atom. The van der Waals surface area contributed by atoms with Gasteiger partial charge in [-0.05, 0) is 42.0 Å². The number of carbonyl (C=O) groups is 1. The highest BCUT2D eigenvalue weighted by Gasteiger charge is 2.23. The fourth-order valence-corrected chi connectivity index (χ4v) is 5.45. The van der Waals surface area contributed by atoms with Gasteiger partial charge in [-0.1, -0.05) is 12.1 Å². The van der Waals surface area contributed by atoms with Crippen LogP contribution in [0.5, 0.6) is 0 Å². The maximum absolute atomic E-state index is 13.0. The number of halogens is 1. The van der Waals surface area contributed by atoms with Crippen LogP contribution >= 0.6 is 0 Å². The lowest BCUT2D eigenvalue weighted by atomic mass is 10.2. The van der Waals surface area contributed by atoms with Gasteiger partial charge in [-0.2, -0.15) is 4.31 Å². The van der Waals surface area contributed by atoms with Crippen LogP contribution < -0.4 is 10.2 Å². The lowest BCUT2D eigenvalue weighted by molar-refractivity contribution is -0.121. The molecule has 31 heavy (non-hydrogen) atoms. The van der Waals surface area contributed by atoms with E-state index in [1.54, 1.807) is 0 Å². The van der Waals surface area contributed by atoms with Gasteiger partial charge >= 0.3 is 0 Å². The number of likely N-dealkylation sites (N-methyl/N-ethyl adjacent to an activating group) is 1. The molecule has 1 saturated heterocycles. The van der Waals surface area contributed by atoms with Crippen LogP contribution in [0.2, 0.25) is 0 Å². The molecule has 2 aromatic carbocycles. The SMILES string of the molecule is CN(CC(=O)NCc1ccc(N2CCS(=O)(=O)CC2)cc1)S(=O)(=O)c1ccc(F)cc1. The normalized spacial score (nSPS) is 16.3. The van der Waals surface area contributed by atoms with Crippen LogP contribution in [0.25, 0.3) is 0 Å². The van der Waals surface area contributed by atoms with Crippen molar-refractivity contribution in [2.45, 2.75) is 11.4 Å². The summed E-state index contributed by atoms with van der Waals surface area (Å²) in [5.74, 6) is -0.743. The van der Waals surface area contributed by atoms with E-state index in [1.165, 1.54) is 7.05 Å². The molecular formula is C20H24FN3O5S2. The number of carbonyl (C=O) groups excluding carboxylic acids is 1. The number of sulfonamides is 1. The summed E-state index contributed by atoms with van der Waals surface area (Å²) in [6.45, 7) is 0.749. The molecule has 168 valence electrons. The molecule has 0 aliphatic carbocycles. The van der Waals surface area contributed by atoms with E-state index in [0.717, 1.165) is 39.8 Å². The molecule has 0 unspecified atom stereocenters. The molecule has 1 heterocycles. The molecule has 0 atom stereocenters. The van der Waals surface area contributed by atoms with Gasteiger partial charge < -0.3 is 10.2 Å². The summed E-state index contributed by atoms with van der Waals surface area (Å²) in [4.78, 5) is 14.1. The van der Waals surface area contributed by atoms with Crippen molar-refractivity contribution in [2.75, 3.05) is 43.1 Å². The van der Waals surface area contributed by atoms with Crippen molar-refractivity contribution in [1.82, 2.24) is 9.62 Å². The molecule has 0 radical (unpaired) electrons. The van der Waals surface area contributed by atoms with Crippen molar-refractivity contribution < 1.29 is 26.0 Å². The number of nitrogens with zero attached hydrogens (tertiary/aromatic N) is 2. The quantitative estimate of drug-likeness (QED) is 0.649. The second kappa shape index (κ2) is 9.33. The van der Waals surface area contributed by atoms with E-state index in [4.69, 9.17) is 0 Å². The minimum atomic E-state index is -3.90. The maximum atomic E-state index is 13.0. The van der Waals surface area contributed by atoms with Gasteiger partial charge in [-0.25, -0.2) is 21.2 Å². The van der Waals surface area contributed by atoms with Crippen LogP contribution in [0.4, 0.5) is 10.1 Å². The molecule has 0 saturated carbocycles. The number of sulfone groups is 1. The average Bonchev–Trinajstić information content (AvgIpc) is 2.73. The van der Waals surface area contributed by atoms with Crippen molar-refractivity contribution in [2.24, 2.45) is 0 Å². The average molecular weight is 470 g/mol. The number of nitrogens with one attached hydrogen (secondary N) is 1. The molecule has 2 aromatic rings. The Kier molecular flexibility index (Phi) is 6.97. The van der Waals surface area contributed by atoms with E-state index in [0.29, 0.717) is 13.1 Å². The summed E-state index contributed by atoms with van der Waals surface area (Å²) in [5, 5.41) is 2.67. The monoisotopic (exact) mass is 469 g/mol. The van der Waals surface area contributed by atoms with Crippen LogP contribution in [-0.2, 0) is 31.2 Å². The standard InChI is InChI=1S/C20H24FN3O5S2/c1-23(31(28,29)19-8-4-17(21)5-9-19)15-20(25)22-14-16-2-6-18(7-3-16)24-10-12-30(26,27)13-11-24/h2-9H,10-15H2,1H3,(H,22,25). The Hall–Kier alpha value is -2.50. The minimum Gasteiger partial charge on any atom is -0.369 e. The number of hydrogen-bond acceptors (Lipinski definition) is 6. The fourth-order valence-electron chi connectivity index (χ4n) is 3.13. The predicted octanol–water partition coefficient (Wildman–Crippen LogP) is 0.997. The van der Waals surface area contributed by atoms with Gasteiger partial charge in [-0.15, -0.1) is 0 Å².